The highest BCUT2D eigenvalue weighted by molar-refractivity contribution is 7.99. The van der Waals surface area contributed by atoms with Crippen LogP contribution in [-0.4, -0.2) is 41.5 Å². The number of H-pyrrole nitrogens is 1. The SMILES string of the molecule is CCCNc1nc(Sc2ncnn2C)c2cn[nH]c2n1. The number of nitrogens with one attached hydrogen (secondary N) is 2. The van der Waals surface area contributed by atoms with Gasteiger partial charge in [-0.05, 0) is 18.2 Å². The van der Waals surface area contributed by atoms with E-state index in [1.54, 1.807) is 10.9 Å². The molecular formula is C11H14N8S. The lowest BCUT2D eigenvalue weighted by molar-refractivity contribution is 0.685. The fraction of sp³-hybridized carbons (Fsp3) is 0.364. The zero-order valence-corrected chi connectivity index (χ0v) is 12.0. The maximum Gasteiger partial charge on any atom is 0.225 e. The molecule has 9 heteroatoms. The van der Waals surface area contributed by atoms with Crippen LogP contribution in [-0.2, 0) is 7.05 Å². The second-order valence-corrected chi connectivity index (χ2v) is 5.14. The van der Waals surface area contributed by atoms with Crippen molar-refractivity contribution in [1.82, 2.24) is 34.9 Å². The van der Waals surface area contributed by atoms with Crippen LogP contribution in [0.2, 0.25) is 0 Å². The summed E-state index contributed by atoms with van der Waals surface area (Å²) in [6.45, 7) is 2.92. The summed E-state index contributed by atoms with van der Waals surface area (Å²) in [5.74, 6) is 0.591. The van der Waals surface area contributed by atoms with E-state index < -0.39 is 0 Å². The lowest BCUT2D eigenvalue weighted by Gasteiger charge is -2.06. The van der Waals surface area contributed by atoms with Gasteiger partial charge < -0.3 is 5.32 Å². The summed E-state index contributed by atoms with van der Waals surface area (Å²) in [6, 6.07) is 0. The summed E-state index contributed by atoms with van der Waals surface area (Å²) in [6.07, 6.45) is 4.25. The molecule has 0 aliphatic rings. The molecule has 104 valence electrons. The molecule has 0 unspecified atom stereocenters. The molecule has 0 bridgehead atoms. The molecule has 3 aromatic rings. The van der Waals surface area contributed by atoms with Gasteiger partial charge in [0.25, 0.3) is 0 Å². The van der Waals surface area contributed by atoms with E-state index in [0.717, 1.165) is 28.5 Å². The van der Waals surface area contributed by atoms with E-state index in [4.69, 9.17) is 0 Å². The Morgan fingerprint density at radius 3 is 3.05 bits per heavy atom. The first-order valence-corrected chi connectivity index (χ1v) is 7.06. The highest BCUT2D eigenvalue weighted by Crippen LogP contribution is 2.29. The van der Waals surface area contributed by atoms with Crippen LogP contribution in [0, 0.1) is 0 Å². The van der Waals surface area contributed by atoms with Gasteiger partial charge in [-0.1, -0.05) is 6.92 Å². The normalized spacial score (nSPS) is 11.1. The van der Waals surface area contributed by atoms with Gasteiger partial charge in [0.15, 0.2) is 10.8 Å². The molecule has 3 aromatic heterocycles. The summed E-state index contributed by atoms with van der Waals surface area (Å²) in [4.78, 5) is 13.1. The molecule has 0 saturated carbocycles. The summed E-state index contributed by atoms with van der Waals surface area (Å²) in [5, 5.41) is 16.6. The van der Waals surface area contributed by atoms with E-state index in [2.05, 4.69) is 42.5 Å². The third-order valence-electron chi connectivity index (χ3n) is 2.67. The smallest absolute Gasteiger partial charge is 0.225 e. The van der Waals surface area contributed by atoms with Gasteiger partial charge in [0, 0.05) is 13.6 Å². The van der Waals surface area contributed by atoms with Crippen molar-refractivity contribution in [2.24, 2.45) is 7.05 Å². The third-order valence-corrected chi connectivity index (χ3v) is 3.72. The van der Waals surface area contributed by atoms with Gasteiger partial charge in [0.05, 0.1) is 11.6 Å². The second kappa shape index (κ2) is 5.45. The van der Waals surface area contributed by atoms with E-state index in [1.807, 2.05) is 7.05 Å². The topological polar surface area (TPSA) is 97.2 Å². The molecule has 0 aliphatic heterocycles. The summed E-state index contributed by atoms with van der Waals surface area (Å²) >= 11 is 1.44. The zero-order chi connectivity index (χ0) is 13.9. The summed E-state index contributed by atoms with van der Waals surface area (Å²) in [5.41, 5.74) is 0.711. The van der Waals surface area contributed by atoms with Crippen molar-refractivity contribution in [2.45, 2.75) is 23.5 Å². The Morgan fingerprint density at radius 2 is 2.30 bits per heavy atom. The van der Waals surface area contributed by atoms with Crippen molar-refractivity contribution in [2.75, 3.05) is 11.9 Å². The van der Waals surface area contributed by atoms with E-state index in [-0.39, 0.29) is 0 Å². The van der Waals surface area contributed by atoms with Crippen molar-refractivity contribution in [3.8, 4) is 0 Å². The maximum atomic E-state index is 4.53. The number of fused-ring (bicyclic) bond motifs is 1. The minimum atomic E-state index is 0.591. The van der Waals surface area contributed by atoms with Gasteiger partial charge in [-0.2, -0.15) is 15.2 Å². The van der Waals surface area contributed by atoms with Crippen LogP contribution < -0.4 is 5.32 Å². The Labute approximate surface area is 119 Å². The van der Waals surface area contributed by atoms with Gasteiger partial charge in [0.2, 0.25) is 5.95 Å². The van der Waals surface area contributed by atoms with Crippen molar-refractivity contribution in [3.63, 3.8) is 0 Å². The minimum Gasteiger partial charge on any atom is -0.354 e. The average Bonchev–Trinajstić information content (AvgIpc) is 3.06. The van der Waals surface area contributed by atoms with E-state index >= 15 is 0 Å². The van der Waals surface area contributed by atoms with E-state index in [9.17, 15) is 0 Å². The Kier molecular flexibility index (Phi) is 3.50. The molecule has 2 N–H and O–H groups in total. The third kappa shape index (κ3) is 2.44. The van der Waals surface area contributed by atoms with E-state index in [0.29, 0.717) is 11.6 Å². The first kappa shape index (κ1) is 12.9. The standard InChI is InChI=1S/C11H14N8S/c1-3-4-12-10-16-8-7(5-14-18-8)9(17-10)20-11-13-6-15-19(11)2/h5-6H,3-4H2,1-2H3,(H2,12,14,16,17,18). The predicted octanol–water partition coefficient (Wildman–Crippen LogP) is 1.45. The highest BCUT2D eigenvalue weighted by Gasteiger charge is 2.13. The number of aromatic nitrogens is 7. The van der Waals surface area contributed by atoms with Gasteiger partial charge in [0.1, 0.15) is 11.4 Å². The quantitative estimate of drug-likeness (QED) is 0.686. The monoisotopic (exact) mass is 290 g/mol. The van der Waals surface area contributed by atoms with Crippen molar-refractivity contribution < 1.29 is 0 Å². The van der Waals surface area contributed by atoms with Crippen LogP contribution in [0.4, 0.5) is 5.95 Å². The second-order valence-electron chi connectivity index (χ2n) is 4.18. The number of anilines is 1. The van der Waals surface area contributed by atoms with Crippen molar-refractivity contribution in [3.05, 3.63) is 12.5 Å². The molecular weight excluding hydrogens is 276 g/mol. The molecule has 0 atom stereocenters. The van der Waals surface area contributed by atoms with Gasteiger partial charge >= 0.3 is 0 Å². The van der Waals surface area contributed by atoms with E-state index in [1.165, 1.54) is 18.1 Å². The first-order chi connectivity index (χ1) is 9.78. The fourth-order valence-corrected chi connectivity index (χ4v) is 2.51. The molecule has 0 spiro atoms. The number of aromatic amines is 1. The number of hydrogen-bond acceptors (Lipinski definition) is 7. The Hall–Kier alpha value is -2.16. The van der Waals surface area contributed by atoms with Gasteiger partial charge in [-0.3, -0.25) is 5.10 Å². The minimum absolute atomic E-state index is 0.591. The highest BCUT2D eigenvalue weighted by atomic mass is 32.2. The molecule has 0 aromatic carbocycles. The maximum absolute atomic E-state index is 4.53. The van der Waals surface area contributed by atoms with Crippen molar-refractivity contribution in [1.29, 1.82) is 0 Å². The predicted molar refractivity (Wildman–Crippen MR) is 75.6 cm³/mol. The lowest BCUT2D eigenvalue weighted by atomic mass is 10.4. The molecule has 0 saturated heterocycles. The lowest BCUT2D eigenvalue weighted by Crippen LogP contribution is -2.05. The summed E-state index contributed by atoms with van der Waals surface area (Å²) < 4.78 is 1.71. The largest absolute Gasteiger partial charge is 0.354 e. The molecule has 0 radical (unpaired) electrons. The molecule has 0 amide bonds. The zero-order valence-electron chi connectivity index (χ0n) is 11.2. The average molecular weight is 290 g/mol. The van der Waals surface area contributed by atoms with Gasteiger partial charge in [-0.15, -0.1) is 0 Å². The molecule has 0 fully saturated rings. The molecule has 20 heavy (non-hydrogen) atoms. The number of aryl methyl sites for hydroxylation is 1. The Bertz CT molecular complexity index is 718. The summed E-state index contributed by atoms with van der Waals surface area (Å²) in [7, 11) is 1.85. The van der Waals surface area contributed by atoms with Crippen LogP contribution in [0.15, 0.2) is 22.7 Å². The Balaban J connectivity index is 1.99. The number of hydrogen-bond donors (Lipinski definition) is 2. The van der Waals surface area contributed by atoms with Crippen LogP contribution in [0.3, 0.4) is 0 Å². The van der Waals surface area contributed by atoms with Crippen LogP contribution in [0.5, 0.6) is 0 Å². The van der Waals surface area contributed by atoms with Crippen LogP contribution >= 0.6 is 11.8 Å². The van der Waals surface area contributed by atoms with Gasteiger partial charge in [-0.25, -0.2) is 14.6 Å². The van der Waals surface area contributed by atoms with Crippen LogP contribution in [0.25, 0.3) is 11.0 Å². The number of nitrogens with zero attached hydrogens (tertiary/aromatic N) is 6. The molecule has 3 heterocycles. The fourth-order valence-electron chi connectivity index (χ4n) is 1.67. The number of rotatable bonds is 5. The molecule has 8 nitrogen and oxygen atoms in total. The Morgan fingerprint density at radius 1 is 1.40 bits per heavy atom. The van der Waals surface area contributed by atoms with Crippen molar-refractivity contribution >= 4 is 28.7 Å². The molecule has 3 rings (SSSR count). The molecule has 0 aliphatic carbocycles. The van der Waals surface area contributed by atoms with Crippen LogP contribution in [0.1, 0.15) is 13.3 Å². The first-order valence-electron chi connectivity index (χ1n) is 6.24.